The Kier molecular flexibility index (Phi) is 7.61. The second-order valence-corrected chi connectivity index (χ2v) is 12.9. The molecule has 3 fully saturated rings. The fourth-order valence-corrected chi connectivity index (χ4v) is 7.43. The Morgan fingerprint density at radius 3 is 2.64 bits per heavy atom. The summed E-state index contributed by atoms with van der Waals surface area (Å²) in [6, 6.07) is 2.07. The van der Waals surface area contributed by atoms with Crippen LogP contribution in [-0.2, 0) is 14.8 Å². The van der Waals surface area contributed by atoms with Gasteiger partial charge in [0.2, 0.25) is 15.9 Å². The summed E-state index contributed by atoms with van der Waals surface area (Å²) in [6.45, 7) is 4.26. The van der Waals surface area contributed by atoms with Crippen LogP contribution in [0.4, 0.5) is 4.39 Å². The molecule has 0 bridgehead atoms. The van der Waals surface area contributed by atoms with E-state index in [4.69, 9.17) is 23.2 Å². The predicted octanol–water partition coefficient (Wildman–Crippen LogP) is 4.13. The summed E-state index contributed by atoms with van der Waals surface area (Å²) in [4.78, 5) is 13.3. The van der Waals surface area contributed by atoms with E-state index < -0.39 is 27.8 Å². The van der Waals surface area contributed by atoms with Crippen molar-refractivity contribution in [2.24, 2.45) is 17.3 Å². The van der Waals surface area contributed by atoms with Crippen LogP contribution < -0.4 is 10.6 Å². The molecule has 1 aromatic carbocycles. The van der Waals surface area contributed by atoms with E-state index in [-0.39, 0.29) is 39.2 Å². The third kappa shape index (κ3) is 5.35. The van der Waals surface area contributed by atoms with Gasteiger partial charge in [0.1, 0.15) is 5.82 Å². The molecule has 184 valence electrons. The number of amides is 1. The fraction of sp³-hybridized carbons (Fsp3) is 0.696. The first-order chi connectivity index (χ1) is 15.6. The van der Waals surface area contributed by atoms with E-state index in [1.165, 1.54) is 16.4 Å². The average molecular weight is 520 g/mol. The van der Waals surface area contributed by atoms with Crippen LogP contribution >= 0.6 is 23.2 Å². The average Bonchev–Trinajstić information content (AvgIpc) is 3.39. The van der Waals surface area contributed by atoms with Crippen LogP contribution in [-0.4, -0.2) is 50.6 Å². The number of rotatable bonds is 8. The number of halogens is 3. The molecule has 2 atom stereocenters. The van der Waals surface area contributed by atoms with Crippen LogP contribution in [0.2, 0.25) is 10.0 Å². The zero-order valence-corrected chi connectivity index (χ0v) is 21.2. The van der Waals surface area contributed by atoms with Gasteiger partial charge in [0.25, 0.3) is 0 Å². The van der Waals surface area contributed by atoms with Gasteiger partial charge in [-0.1, -0.05) is 43.0 Å². The van der Waals surface area contributed by atoms with Crippen LogP contribution in [0, 0.1) is 23.1 Å². The summed E-state index contributed by atoms with van der Waals surface area (Å²) in [7, 11) is -3.40. The molecule has 33 heavy (non-hydrogen) atoms. The summed E-state index contributed by atoms with van der Waals surface area (Å²) < 4.78 is 41.9. The van der Waals surface area contributed by atoms with Gasteiger partial charge in [0, 0.05) is 18.7 Å². The molecule has 1 saturated carbocycles. The van der Waals surface area contributed by atoms with Crippen molar-refractivity contribution in [1.82, 2.24) is 14.9 Å². The van der Waals surface area contributed by atoms with Gasteiger partial charge in [-0.2, -0.15) is 0 Å². The quantitative estimate of drug-likeness (QED) is 0.506. The first-order valence-corrected chi connectivity index (χ1v) is 14.1. The van der Waals surface area contributed by atoms with Crippen molar-refractivity contribution in [3.05, 3.63) is 33.6 Å². The van der Waals surface area contributed by atoms with Crippen molar-refractivity contribution in [2.75, 3.05) is 31.9 Å². The van der Waals surface area contributed by atoms with Crippen molar-refractivity contribution < 1.29 is 17.6 Å². The second kappa shape index (κ2) is 9.97. The van der Waals surface area contributed by atoms with Crippen LogP contribution in [0.5, 0.6) is 0 Å². The number of sulfonamides is 1. The number of nitrogens with zero attached hydrogens (tertiary/aromatic N) is 1. The maximum Gasteiger partial charge on any atom is 0.224 e. The van der Waals surface area contributed by atoms with E-state index in [1.807, 2.05) is 6.92 Å². The molecule has 0 aromatic heterocycles. The third-order valence-corrected chi connectivity index (χ3v) is 10.4. The summed E-state index contributed by atoms with van der Waals surface area (Å²) in [5, 5.41) is 6.57. The number of carbonyl (C=O) groups excluding carboxylic acids is 1. The molecule has 2 saturated heterocycles. The van der Waals surface area contributed by atoms with Crippen LogP contribution in [0.1, 0.15) is 57.1 Å². The van der Waals surface area contributed by atoms with Gasteiger partial charge < -0.3 is 10.6 Å². The van der Waals surface area contributed by atoms with Crippen molar-refractivity contribution >= 4 is 39.1 Å². The smallest absolute Gasteiger partial charge is 0.224 e. The topological polar surface area (TPSA) is 78.5 Å². The van der Waals surface area contributed by atoms with E-state index in [1.54, 1.807) is 0 Å². The highest BCUT2D eigenvalue weighted by molar-refractivity contribution is 7.89. The maximum atomic E-state index is 14.9. The second-order valence-electron chi connectivity index (χ2n) is 10.0. The Balaban J connectivity index is 1.48. The molecule has 2 aliphatic heterocycles. The Labute approximate surface area is 205 Å². The first-order valence-electron chi connectivity index (χ1n) is 11.7. The van der Waals surface area contributed by atoms with E-state index >= 15 is 0 Å². The first kappa shape index (κ1) is 25.2. The minimum Gasteiger partial charge on any atom is -0.348 e. The van der Waals surface area contributed by atoms with Crippen molar-refractivity contribution in [3.63, 3.8) is 0 Å². The molecule has 6 nitrogen and oxygen atoms in total. The molecular formula is C23H32Cl2FN3O3S. The van der Waals surface area contributed by atoms with Crippen molar-refractivity contribution in [2.45, 2.75) is 51.5 Å². The molecule has 1 aliphatic carbocycles. The SMILES string of the molecule is CC1([C@H](NC(=O)[C@H]2CCN(S(=O)(=O)CCC3CNC3)C2)c2c(F)ccc(Cl)c2Cl)CCCC1. The predicted molar refractivity (Wildman–Crippen MR) is 128 cm³/mol. The lowest BCUT2D eigenvalue weighted by Gasteiger charge is -2.36. The minimum atomic E-state index is -3.40. The number of hydrogen-bond donors (Lipinski definition) is 2. The van der Waals surface area contributed by atoms with Crippen LogP contribution in [0.3, 0.4) is 0 Å². The number of benzene rings is 1. The molecule has 3 aliphatic rings. The monoisotopic (exact) mass is 519 g/mol. The van der Waals surface area contributed by atoms with Gasteiger partial charge in [-0.25, -0.2) is 17.1 Å². The third-order valence-electron chi connectivity index (χ3n) is 7.66. The zero-order valence-electron chi connectivity index (χ0n) is 18.9. The van der Waals surface area contributed by atoms with Gasteiger partial charge in [-0.3, -0.25) is 4.79 Å². The Hall–Kier alpha value is -0.930. The van der Waals surface area contributed by atoms with Gasteiger partial charge in [-0.05, 0) is 62.2 Å². The highest BCUT2D eigenvalue weighted by Gasteiger charge is 2.43. The van der Waals surface area contributed by atoms with E-state index in [0.29, 0.717) is 25.3 Å². The summed E-state index contributed by atoms with van der Waals surface area (Å²) in [5.74, 6) is -0.712. The number of carbonyl (C=O) groups is 1. The van der Waals surface area contributed by atoms with Crippen LogP contribution in [0.25, 0.3) is 0 Å². The van der Waals surface area contributed by atoms with Crippen molar-refractivity contribution in [1.29, 1.82) is 0 Å². The lowest BCUT2D eigenvalue weighted by atomic mass is 9.76. The highest BCUT2D eigenvalue weighted by atomic mass is 35.5. The molecule has 1 aromatic rings. The normalized spacial score (nSPS) is 24.5. The fourth-order valence-electron chi connectivity index (χ4n) is 5.33. The molecule has 2 heterocycles. The van der Waals surface area contributed by atoms with Crippen molar-refractivity contribution in [3.8, 4) is 0 Å². The van der Waals surface area contributed by atoms with Gasteiger partial charge in [0.15, 0.2) is 0 Å². The van der Waals surface area contributed by atoms with E-state index in [9.17, 15) is 17.6 Å². The Morgan fingerprint density at radius 2 is 2.00 bits per heavy atom. The zero-order chi connectivity index (χ0) is 23.8. The molecule has 0 unspecified atom stereocenters. The molecule has 1 amide bonds. The van der Waals surface area contributed by atoms with E-state index in [2.05, 4.69) is 10.6 Å². The molecular weight excluding hydrogens is 488 g/mol. The van der Waals surface area contributed by atoms with Gasteiger partial charge in [0.05, 0.1) is 27.8 Å². The highest BCUT2D eigenvalue weighted by Crippen LogP contribution is 2.50. The lowest BCUT2D eigenvalue weighted by molar-refractivity contribution is -0.126. The van der Waals surface area contributed by atoms with Crippen LogP contribution in [0.15, 0.2) is 12.1 Å². The minimum absolute atomic E-state index is 0.109. The molecule has 0 spiro atoms. The largest absolute Gasteiger partial charge is 0.348 e. The summed E-state index contributed by atoms with van der Waals surface area (Å²) in [6.07, 6.45) is 4.74. The lowest BCUT2D eigenvalue weighted by Crippen LogP contribution is -2.44. The summed E-state index contributed by atoms with van der Waals surface area (Å²) in [5.41, 5.74) is -0.134. The number of nitrogens with one attached hydrogen (secondary N) is 2. The maximum absolute atomic E-state index is 14.9. The van der Waals surface area contributed by atoms with Gasteiger partial charge >= 0.3 is 0 Å². The Morgan fingerprint density at radius 1 is 1.30 bits per heavy atom. The standard InChI is InChI=1S/C23H32Cl2FN3O3S/c1-23(8-2-3-9-23)21(19-18(26)5-4-17(24)20(19)25)28-22(30)16-6-10-29(14-16)33(31,32)11-7-15-12-27-13-15/h4-5,15-16,21,27H,2-3,6-14H2,1H3,(H,28,30)/t16-,21+/m0/s1. The van der Waals surface area contributed by atoms with E-state index in [0.717, 1.165) is 38.8 Å². The van der Waals surface area contributed by atoms with Gasteiger partial charge in [-0.15, -0.1) is 0 Å². The summed E-state index contributed by atoms with van der Waals surface area (Å²) >= 11 is 12.6. The molecule has 2 N–H and O–H groups in total. The molecule has 4 rings (SSSR count). The number of hydrogen-bond acceptors (Lipinski definition) is 4. The molecule has 0 radical (unpaired) electrons. The molecule has 10 heteroatoms. The Bertz CT molecular complexity index is 997.